The van der Waals surface area contributed by atoms with E-state index < -0.39 is 23.3 Å². The number of rotatable bonds is 6. The van der Waals surface area contributed by atoms with Gasteiger partial charge in [-0.15, -0.1) is 0 Å². The van der Waals surface area contributed by atoms with Gasteiger partial charge in [0, 0.05) is 51.1 Å². The molecule has 0 saturated carbocycles. The van der Waals surface area contributed by atoms with Crippen LogP contribution in [0.4, 0.5) is 24.8 Å². The minimum absolute atomic E-state index is 0.0509. The first kappa shape index (κ1) is 26.4. The fourth-order valence-electron chi connectivity index (χ4n) is 4.21. The average Bonchev–Trinajstić information content (AvgIpc) is 3.25. The van der Waals surface area contributed by atoms with E-state index >= 15 is 0 Å². The molecule has 0 bridgehead atoms. The summed E-state index contributed by atoms with van der Waals surface area (Å²) in [6.45, 7) is 0.709. The molecular weight excluding hydrogens is 541 g/mol. The maximum absolute atomic E-state index is 13.7. The molecule has 0 amide bonds. The van der Waals surface area contributed by atoms with Crippen LogP contribution in [0.2, 0.25) is 5.02 Å². The molecule has 0 aliphatic carbocycles. The molecule has 1 aliphatic heterocycles. The molecule has 15 heteroatoms. The first-order valence-electron chi connectivity index (χ1n) is 11.7. The van der Waals surface area contributed by atoms with Gasteiger partial charge in [-0.25, -0.2) is 9.97 Å². The summed E-state index contributed by atoms with van der Waals surface area (Å²) in [4.78, 5) is 29.9. The van der Waals surface area contributed by atoms with Crippen molar-refractivity contribution in [2.75, 3.05) is 18.5 Å². The number of halogens is 4. The van der Waals surface area contributed by atoms with Gasteiger partial charge in [-0.1, -0.05) is 11.6 Å². The normalized spacial score (nSPS) is 15.1. The second-order valence-corrected chi connectivity index (χ2v) is 9.03. The van der Waals surface area contributed by atoms with Crippen molar-refractivity contribution in [2.24, 2.45) is 12.8 Å². The van der Waals surface area contributed by atoms with Gasteiger partial charge in [-0.3, -0.25) is 9.78 Å². The Morgan fingerprint density at radius 3 is 2.69 bits per heavy atom. The molecule has 0 atom stereocenters. The molecule has 0 radical (unpaired) electrons. The minimum atomic E-state index is -4.67. The van der Waals surface area contributed by atoms with Gasteiger partial charge in [0.25, 0.3) is 5.56 Å². The van der Waals surface area contributed by atoms with Crippen molar-refractivity contribution in [3.8, 4) is 5.75 Å². The second-order valence-electron chi connectivity index (χ2n) is 8.65. The van der Waals surface area contributed by atoms with E-state index in [0.29, 0.717) is 37.3 Å². The highest BCUT2D eigenvalue weighted by Gasteiger charge is 2.33. The lowest BCUT2D eigenvalue weighted by molar-refractivity contribution is -0.138. The number of aryl methyl sites for hydroxylation is 1. The van der Waals surface area contributed by atoms with Gasteiger partial charge in [-0.2, -0.15) is 18.2 Å². The zero-order chi connectivity index (χ0) is 27.7. The van der Waals surface area contributed by atoms with Crippen molar-refractivity contribution in [3.05, 3.63) is 69.9 Å². The Balaban J connectivity index is 1.52. The molecule has 4 aromatic heterocycles. The Labute approximate surface area is 224 Å². The summed E-state index contributed by atoms with van der Waals surface area (Å²) in [5.74, 6) is 0.348. The van der Waals surface area contributed by atoms with E-state index in [9.17, 15) is 18.0 Å². The molecule has 0 aromatic carbocycles. The summed E-state index contributed by atoms with van der Waals surface area (Å²) in [5.41, 5.74) is 4.65. The number of ether oxygens (including phenoxy) is 2. The smallest absolute Gasteiger partial charge is 0.417 e. The van der Waals surface area contributed by atoms with E-state index in [2.05, 4.69) is 25.3 Å². The molecular formula is C24H22ClF3N8O3. The van der Waals surface area contributed by atoms with Crippen molar-refractivity contribution >= 4 is 40.2 Å². The Morgan fingerprint density at radius 1 is 1.26 bits per heavy atom. The Hall–Kier alpha value is -4.17. The van der Waals surface area contributed by atoms with Gasteiger partial charge in [0.15, 0.2) is 17.2 Å². The summed E-state index contributed by atoms with van der Waals surface area (Å²) < 4.78 is 54.9. The van der Waals surface area contributed by atoms with Crippen LogP contribution < -0.4 is 21.3 Å². The molecule has 1 aliphatic rings. The largest absolute Gasteiger partial charge is 0.450 e. The summed E-state index contributed by atoms with van der Waals surface area (Å²) in [6.07, 6.45) is 3.94. The number of hydrogen-bond acceptors (Lipinski definition) is 9. The van der Waals surface area contributed by atoms with Crippen molar-refractivity contribution < 1.29 is 22.6 Å². The maximum Gasteiger partial charge on any atom is 0.417 e. The summed E-state index contributed by atoms with van der Waals surface area (Å²) in [5, 5.41) is 2.85. The second kappa shape index (κ2) is 10.5. The number of nitrogens with zero attached hydrogens (tertiary/aromatic N) is 6. The molecule has 0 unspecified atom stereocenters. The topological polar surface area (TPSA) is 135 Å². The molecule has 5 rings (SSSR count). The van der Waals surface area contributed by atoms with E-state index in [1.165, 1.54) is 35.6 Å². The molecule has 1 saturated heterocycles. The molecule has 1 fully saturated rings. The number of alkyl halides is 3. The Morgan fingerprint density at radius 2 is 2.03 bits per heavy atom. The number of fused-ring (bicyclic) bond motifs is 1. The van der Waals surface area contributed by atoms with Gasteiger partial charge in [0.05, 0.1) is 18.0 Å². The lowest BCUT2D eigenvalue weighted by Crippen LogP contribution is -2.31. The quantitative estimate of drug-likeness (QED) is 0.334. The predicted octanol–water partition coefficient (Wildman–Crippen LogP) is 4.02. The van der Waals surface area contributed by atoms with Gasteiger partial charge < -0.3 is 29.7 Å². The standard InChI is InChI=1S/C24H22ClF3N8O3/c1-35-20-19(25)18(39-17(9-29)16-10-30-4-5-31-16)11-32-21(20)34-23(35)33-15-8-13(24(26,27)28)12-36(22(15)37)14-2-6-38-7-3-14/h4-5,8-12,14H,2-3,6-7,29H2,1H3,(H,32,33,34). The van der Waals surface area contributed by atoms with E-state index in [0.717, 1.165) is 16.8 Å². The van der Waals surface area contributed by atoms with Gasteiger partial charge in [-0.05, 0) is 18.9 Å². The highest BCUT2D eigenvalue weighted by Crippen LogP contribution is 2.36. The number of hydrogen-bond donors (Lipinski definition) is 2. The third-order valence-electron chi connectivity index (χ3n) is 6.19. The van der Waals surface area contributed by atoms with Crippen LogP contribution in [0.25, 0.3) is 16.9 Å². The third kappa shape index (κ3) is 5.25. The van der Waals surface area contributed by atoms with E-state index in [1.54, 1.807) is 7.05 Å². The SMILES string of the molecule is Cn1c(Nc2cc(C(F)(F)F)cn(C3CCOCC3)c2=O)nc2ncc(OC(=CN)c3cnccn3)c(Cl)c21. The fourth-order valence-corrected chi connectivity index (χ4v) is 4.51. The van der Waals surface area contributed by atoms with E-state index in [1.807, 2.05) is 0 Å². The summed E-state index contributed by atoms with van der Waals surface area (Å²) >= 11 is 6.61. The molecule has 11 nitrogen and oxygen atoms in total. The number of pyridine rings is 2. The highest BCUT2D eigenvalue weighted by molar-refractivity contribution is 6.36. The monoisotopic (exact) mass is 562 g/mol. The summed E-state index contributed by atoms with van der Waals surface area (Å²) in [7, 11) is 1.57. The van der Waals surface area contributed by atoms with Crippen LogP contribution in [-0.2, 0) is 18.0 Å². The minimum Gasteiger partial charge on any atom is -0.450 e. The van der Waals surface area contributed by atoms with Crippen LogP contribution >= 0.6 is 11.6 Å². The van der Waals surface area contributed by atoms with Crippen LogP contribution in [0, 0.1) is 0 Å². The number of anilines is 2. The maximum atomic E-state index is 13.7. The Bertz CT molecular complexity index is 1600. The zero-order valence-corrected chi connectivity index (χ0v) is 21.2. The lowest BCUT2D eigenvalue weighted by atomic mass is 10.1. The molecule has 204 valence electrons. The number of nitrogens with one attached hydrogen (secondary N) is 1. The first-order chi connectivity index (χ1) is 18.7. The predicted molar refractivity (Wildman–Crippen MR) is 136 cm³/mol. The van der Waals surface area contributed by atoms with Crippen molar-refractivity contribution in [1.29, 1.82) is 0 Å². The lowest BCUT2D eigenvalue weighted by Gasteiger charge is -2.25. The fraction of sp³-hybridized carbons (Fsp3) is 0.292. The van der Waals surface area contributed by atoms with Crippen molar-refractivity contribution in [3.63, 3.8) is 0 Å². The average molecular weight is 563 g/mol. The summed E-state index contributed by atoms with van der Waals surface area (Å²) in [6, 6.07) is 0.338. The highest BCUT2D eigenvalue weighted by atomic mass is 35.5. The molecule has 0 spiro atoms. The number of nitrogens with two attached hydrogens (primary N) is 1. The molecule has 4 aromatic rings. The number of imidazole rings is 1. The van der Waals surface area contributed by atoms with Crippen LogP contribution in [0.15, 0.2) is 48.0 Å². The van der Waals surface area contributed by atoms with E-state index in [-0.39, 0.29) is 33.8 Å². The van der Waals surface area contributed by atoms with Gasteiger partial charge >= 0.3 is 6.18 Å². The molecule has 5 heterocycles. The van der Waals surface area contributed by atoms with Crippen LogP contribution in [0.5, 0.6) is 5.75 Å². The zero-order valence-electron chi connectivity index (χ0n) is 20.4. The van der Waals surface area contributed by atoms with Crippen LogP contribution in [0.3, 0.4) is 0 Å². The van der Waals surface area contributed by atoms with Crippen molar-refractivity contribution in [1.82, 2.24) is 29.1 Å². The molecule has 3 N–H and O–H groups in total. The first-order valence-corrected chi connectivity index (χ1v) is 12.1. The number of aromatic nitrogens is 6. The van der Waals surface area contributed by atoms with Crippen LogP contribution in [-0.4, -0.2) is 42.3 Å². The van der Waals surface area contributed by atoms with Crippen molar-refractivity contribution in [2.45, 2.75) is 25.1 Å². The van der Waals surface area contributed by atoms with E-state index in [4.69, 9.17) is 26.8 Å². The van der Waals surface area contributed by atoms with Gasteiger partial charge in [0.2, 0.25) is 5.95 Å². The Kier molecular flexibility index (Phi) is 7.14. The molecule has 39 heavy (non-hydrogen) atoms. The third-order valence-corrected chi connectivity index (χ3v) is 6.56. The van der Waals surface area contributed by atoms with Crippen LogP contribution in [0.1, 0.15) is 30.1 Å². The van der Waals surface area contributed by atoms with Gasteiger partial charge in [0.1, 0.15) is 21.9 Å².